The van der Waals surface area contributed by atoms with Crippen molar-refractivity contribution in [1.29, 1.82) is 0 Å². The van der Waals surface area contributed by atoms with Gasteiger partial charge in [-0.3, -0.25) is 0 Å². The fourth-order valence-corrected chi connectivity index (χ4v) is 1.87. The molecule has 0 saturated heterocycles. The lowest BCUT2D eigenvalue weighted by Gasteiger charge is -2.11. The molecule has 0 heterocycles. The zero-order valence-corrected chi connectivity index (χ0v) is 11.2. The average molecular weight is 282 g/mol. The molecule has 0 spiro atoms. The maximum atomic E-state index is 12.8. The van der Waals surface area contributed by atoms with E-state index in [0.29, 0.717) is 6.42 Å². The lowest BCUT2D eigenvalue weighted by atomic mass is 10.00. The standard InChI is InChI=1S/C15H16FNO.ClH/c16-14-7-5-12(6-8-14)11-1-3-13(4-2-11)15(17)9-10-18;/h1-8,15,18H,9-10,17H2;1H. The van der Waals surface area contributed by atoms with Gasteiger partial charge in [-0.25, -0.2) is 4.39 Å². The Bertz CT molecular complexity index is 499. The molecule has 0 fully saturated rings. The van der Waals surface area contributed by atoms with Crippen molar-refractivity contribution in [3.05, 3.63) is 59.9 Å². The first-order valence-electron chi connectivity index (χ1n) is 5.93. The van der Waals surface area contributed by atoms with Crippen LogP contribution in [0.2, 0.25) is 0 Å². The minimum atomic E-state index is -0.236. The van der Waals surface area contributed by atoms with Crippen LogP contribution in [0.15, 0.2) is 48.5 Å². The van der Waals surface area contributed by atoms with E-state index in [1.54, 1.807) is 12.1 Å². The molecule has 2 aromatic carbocycles. The lowest BCUT2D eigenvalue weighted by Crippen LogP contribution is -2.11. The van der Waals surface area contributed by atoms with Crippen LogP contribution < -0.4 is 5.73 Å². The molecule has 0 saturated carbocycles. The van der Waals surface area contributed by atoms with Crippen LogP contribution in [-0.2, 0) is 0 Å². The minimum Gasteiger partial charge on any atom is -0.396 e. The molecule has 0 aromatic heterocycles. The van der Waals surface area contributed by atoms with Gasteiger partial charge in [0.15, 0.2) is 0 Å². The van der Waals surface area contributed by atoms with Crippen molar-refractivity contribution in [3.63, 3.8) is 0 Å². The highest BCUT2D eigenvalue weighted by atomic mass is 35.5. The average Bonchev–Trinajstić information content (AvgIpc) is 2.40. The molecule has 2 aromatic rings. The van der Waals surface area contributed by atoms with E-state index in [-0.39, 0.29) is 30.9 Å². The van der Waals surface area contributed by atoms with Gasteiger partial charge in [0.2, 0.25) is 0 Å². The maximum absolute atomic E-state index is 12.8. The summed E-state index contributed by atoms with van der Waals surface area (Å²) < 4.78 is 12.8. The summed E-state index contributed by atoms with van der Waals surface area (Å²) >= 11 is 0. The molecule has 19 heavy (non-hydrogen) atoms. The normalized spacial score (nSPS) is 11.7. The van der Waals surface area contributed by atoms with Crippen LogP contribution in [0.3, 0.4) is 0 Å². The quantitative estimate of drug-likeness (QED) is 0.903. The van der Waals surface area contributed by atoms with Crippen molar-refractivity contribution in [1.82, 2.24) is 0 Å². The Hall–Kier alpha value is -1.42. The first kappa shape index (κ1) is 15.6. The van der Waals surface area contributed by atoms with Gasteiger partial charge in [-0.2, -0.15) is 0 Å². The maximum Gasteiger partial charge on any atom is 0.123 e. The van der Waals surface area contributed by atoms with Gasteiger partial charge in [-0.15, -0.1) is 12.4 Å². The Morgan fingerprint density at radius 3 is 1.89 bits per heavy atom. The number of halogens is 2. The summed E-state index contributed by atoms with van der Waals surface area (Å²) in [5, 5.41) is 8.84. The highest BCUT2D eigenvalue weighted by Gasteiger charge is 2.05. The molecule has 1 atom stereocenters. The Labute approximate surface area is 118 Å². The lowest BCUT2D eigenvalue weighted by molar-refractivity contribution is 0.276. The second-order valence-electron chi connectivity index (χ2n) is 4.25. The fraction of sp³-hybridized carbons (Fsp3) is 0.200. The molecule has 2 rings (SSSR count). The summed E-state index contributed by atoms with van der Waals surface area (Å²) in [7, 11) is 0. The second-order valence-corrected chi connectivity index (χ2v) is 4.25. The van der Waals surface area contributed by atoms with Crippen LogP contribution in [0.4, 0.5) is 4.39 Å². The summed E-state index contributed by atoms with van der Waals surface area (Å²) in [5.74, 6) is -0.236. The van der Waals surface area contributed by atoms with E-state index in [1.165, 1.54) is 12.1 Å². The number of nitrogens with two attached hydrogens (primary N) is 1. The van der Waals surface area contributed by atoms with Gasteiger partial charge in [0.05, 0.1) is 0 Å². The van der Waals surface area contributed by atoms with Crippen molar-refractivity contribution >= 4 is 12.4 Å². The molecule has 1 unspecified atom stereocenters. The zero-order valence-electron chi connectivity index (χ0n) is 10.4. The Kier molecular flexibility index (Phi) is 5.96. The second kappa shape index (κ2) is 7.24. The third-order valence-corrected chi connectivity index (χ3v) is 2.96. The Morgan fingerprint density at radius 1 is 0.947 bits per heavy atom. The predicted octanol–water partition coefficient (Wildman–Crippen LogP) is 3.30. The van der Waals surface area contributed by atoms with E-state index >= 15 is 0 Å². The monoisotopic (exact) mass is 281 g/mol. The smallest absolute Gasteiger partial charge is 0.123 e. The van der Waals surface area contributed by atoms with Crippen LogP contribution in [0.1, 0.15) is 18.0 Å². The third kappa shape index (κ3) is 4.03. The Balaban J connectivity index is 0.00000180. The summed E-state index contributed by atoms with van der Waals surface area (Å²) in [6.45, 7) is 0.0842. The molecule has 3 N–H and O–H groups in total. The molecular weight excluding hydrogens is 265 g/mol. The van der Waals surface area contributed by atoms with Gasteiger partial charge in [0, 0.05) is 12.6 Å². The van der Waals surface area contributed by atoms with Crippen molar-refractivity contribution in [2.45, 2.75) is 12.5 Å². The number of benzene rings is 2. The Morgan fingerprint density at radius 2 is 1.42 bits per heavy atom. The van der Waals surface area contributed by atoms with Crippen LogP contribution in [-0.4, -0.2) is 11.7 Å². The minimum absolute atomic E-state index is 0. The first-order chi connectivity index (χ1) is 8.70. The summed E-state index contributed by atoms with van der Waals surface area (Å²) in [6, 6.07) is 14.0. The number of aliphatic hydroxyl groups is 1. The van der Waals surface area contributed by atoms with Gasteiger partial charge < -0.3 is 10.8 Å². The summed E-state index contributed by atoms with van der Waals surface area (Å²) in [4.78, 5) is 0. The first-order valence-corrected chi connectivity index (χ1v) is 5.93. The molecule has 2 nitrogen and oxygen atoms in total. The molecule has 102 valence electrons. The van der Waals surface area contributed by atoms with E-state index in [4.69, 9.17) is 10.8 Å². The number of rotatable bonds is 4. The van der Waals surface area contributed by atoms with E-state index in [2.05, 4.69) is 0 Å². The van der Waals surface area contributed by atoms with Gasteiger partial charge in [-0.05, 0) is 35.2 Å². The predicted molar refractivity (Wildman–Crippen MR) is 77.7 cm³/mol. The molecule has 4 heteroatoms. The molecule has 0 aliphatic heterocycles. The molecule has 0 aliphatic carbocycles. The van der Waals surface area contributed by atoms with E-state index in [1.807, 2.05) is 24.3 Å². The van der Waals surface area contributed by atoms with Crippen LogP contribution in [0.5, 0.6) is 0 Å². The van der Waals surface area contributed by atoms with E-state index in [9.17, 15) is 4.39 Å². The van der Waals surface area contributed by atoms with Crippen LogP contribution in [0, 0.1) is 5.82 Å². The van der Waals surface area contributed by atoms with Crippen molar-refractivity contribution in [2.24, 2.45) is 5.73 Å². The van der Waals surface area contributed by atoms with E-state index < -0.39 is 0 Å². The van der Waals surface area contributed by atoms with Crippen LogP contribution >= 0.6 is 12.4 Å². The highest BCUT2D eigenvalue weighted by Crippen LogP contribution is 2.22. The fourth-order valence-electron chi connectivity index (χ4n) is 1.87. The van der Waals surface area contributed by atoms with Crippen molar-refractivity contribution < 1.29 is 9.50 Å². The third-order valence-electron chi connectivity index (χ3n) is 2.96. The number of aliphatic hydroxyl groups excluding tert-OH is 1. The van der Waals surface area contributed by atoms with Gasteiger partial charge >= 0.3 is 0 Å². The van der Waals surface area contributed by atoms with E-state index in [0.717, 1.165) is 16.7 Å². The topological polar surface area (TPSA) is 46.2 Å². The van der Waals surface area contributed by atoms with Crippen molar-refractivity contribution in [3.8, 4) is 11.1 Å². The summed E-state index contributed by atoms with van der Waals surface area (Å²) in [6.07, 6.45) is 0.551. The summed E-state index contributed by atoms with van der Waals surface area (Å²) in [5.41, 5.74) is 8.89. The zero-order chi connectivity index (χ0) is 13.0. The van der Waals surface area contributed by atoms with Gasteiger partial charge in [0.1, 0.15) is 5.82 Å². The molecule has 0 radical (unpaired) electrons. The van der Waals surface area contributed by atoms with Gasteiger partial charge in [-0.1, -0.05) is 36.4 Å². The molecule has 0 aliphatic rings. The highest BCUT2D eigenvalue weighted by molar-refractivity contribution is 5.85. The molecule has 0 bridgehead atoms. The largest absolute Gasteiger partial charge is 0.396 e. The SMILES string of the molecule is Cl.NC(CCO)c1ccc(-c2ccc(F)cc2)cc1. The molecular formula is C15H17ClFNO. The number of hydrogen-bond acceptors (Lipinski definition) is 2. The van der Waals surface area contributed by atoms with Crippen LogP contribution in [0.25, 0.3) is 11.1 Å². The number of hydrogen-bond donors (Lipinski definition) is 2. The van der Waals surface area contributed by atoms with Gasteiger partial charge in [0.25, 0.3) is 0 Å². The molecule has 0 amide bonds. The van der Waals surface area contributed by atoms with Crippen molar-refractivity contribution in [2.75, 3.05) is 6.61 Å².